The molecule has 1 aliphatic carbocycles. The van der Waals surface area contributed by atoms with E-state index in [1.807, 2.05) is 32.0 Å². The van der Waals surface area contributed by atoms with Crippen LogP contribution in [0, 0.1) is 0 Å². The molecule has 1 heterocycles. The van der Waals surface area contributed by atoms with Gasteiger partial charge in [-0.3, -0.25) is 0 Å². The normalized spacial score (nSPS) is 19.7. The molecule has 1 unspecified atom stereocenters. The van der Waals surface area contributed by atoms with Crippen LogP contribution in [0.2, 0.25) is 0 Å². The largest absolute Gasteiger partial charge is 0.392 e. The van der Waals surface area contributed by atoms with Crippen molar-refractivity contribution in [3.05, 3.63) is 23.9 Å². The average molecular weight is 206 g/mol. The van der Waals surface area contributed by atoms with Crippen molar-refractivity contribution in [1.29, 1.82) is 0 Å². The van der Waals surface area contributed by atoms with Crippen molar-refractivity contribution in [2.45, 2.75) is 31.3 Å². The smallest absolute Gasteiger partial charge is 0.131 e. The summed E-state index contributed by atoms with van der Waals surface area (Å²) in [5, 5.41) is 9.86. The molecule has 0 aliphatic heterocycles. The third-order valence-corrected chi connectivity index (χ3v) is 3.34. The molecular formula is C12H18N2O. The van der Waals surface area contributed by atoms with E-state index < -0.39 is 0 Å². The number of aliphatic hydroxyl groups excluding tert-OH is 1. The number of hydrogen-bond donors (Lipinski definition) is 1. The highest BCUT2D eigenvalue weighted by atomic mass is 16.3. The standard InChI is InChI=1S/C12H18N2O/c1-9(15)12(6-7-12)10-5-4-8-13-11(10)14(2)3/h4-5,8-9,15H,6-7H2,1-3H3. The predicted molar refractivity (Wildman–Crippen MR) is 61.2 cm³/mol. The lowest BCUT2D eigenvalue weighted by atomic mass is 9.91. The molecule has 0 spiro atoms. The van der Waals surface area contributed by atoms with Gasteiger partial charge < -0.3 is 10.0 Å². The van der Waals surface area contributed by atoms with Crippen LogP contribution in [0.4, 0.5) is 5.82 Å². The molecule has 1 aromatic heterocycles. The van der Waals surface area contributed by atoms with Crippen molar-refractivity contribution >= 4 is 5.82 Å². The SMILES string of the molecule is CC(O)C1(c2cccnc2N(C)C)CC1. The van der Waals surface area contributed by atoms with Gasteiger partial charge >= 0.3 is 0 Å². The summed E-state index contributed by atoms with van der Waals surface area (Å²) in [4.78, 5) is 6.39. The van der Waals surface area contributed by atoms with Gasteiger partial charge in [-0.05, 0) is 25.8 Å². The summed E-state index contributed by atoms with van der Waals surface area (Å²) < 4.78 is 0. The van der Waals surface area contributed by atoms with Crippen LogP contribution >= 0.6 is 0 Å². The van der Waals surface area contributed by atoms with Crippen molar-refractivity contribution < 1.29 is 5.11 Å². The molecule has 1 aliphatic rings. The Balaban J connectivity index is 2.44. The zero-order valence-corrected chi connectivity index (χ0v) is 9.57. The highest BCUT2D eigenvalue weighted by Crippen LogP contribution is 2.53. The van der Waals surface area contributed by atoms with Crippen molar-refractivity contribution in [2.75, 3.05) is 19.0 Å². The fourth-order valence-electron chi connectivity index (χ4n) is 2.19. The van der Waals surface area contributed by atoms with E-state index in [2.05, 4.69) is 11.1 Å². The van der Waals surface area contributed by atoms with Crippen molar-refractivity contribution in [1.82, 2.24) is 4.98 Å². The lowest BCUT2D eigenvalue weighted by molar-refractivity contribution is 0.151. The Morgan fingerprint density at radius 3 is 2.60 bits per heavy atom. The van der Waals surface area contributed by atoms with E-state index >= 15 is 0 Å². The lowest BCUT2D eigenvalue weighted by Gasteiger charge is -2.24. The molecule has 1 aromatic rings. The highest BCUT2D eigenvalue weighted by Gasteiger charge is 2.50. The fourth-order valence-corrected chi connectivity index (χ4v) is 2.19. The van der Waals surface area contributed by atoms with Gasteiger partial charge in [0.05, 0.1) is 6.10 Å². The van der Waals surface area contributed by atoms with Gasteiger partial charge in [-0.15, -0.1) is 0 Å². The van der Waals surface area contributed by atoms with Gasteiger partial charge in [0.25, 0.3) is 0 Å². The third-order valence-electron chi connectivity index (χ3n) is 3.34. The van der Waals surface area contributed by atoms with Gasteiger partial charge in [-0.25, -0.2) is 4.98 Å². The van der Waals surface area contributed by atoms with E-state index in [1.165, 1.54) is 5.56 Å². The first-order valence-corrected chi connectivity index (χ1v) is 5.39. The van der Waals surface area contributed by atoms with Gasteiger partial charge in [0.15, 0.2) is 0 Å². The molecule has 0 bridgehead atoms. The first-order chi connectivity index (χ1) is 7.08. The summed E-state index contributed by atoms with van der Waals surface area (Å²) in [5.41, 5.74) is 1.15. The van der Waals surface area contributed by atoms with Gasteiger partial charge in [-0.2, -0.15) is 0 Å². The van der Waals surface area contributed by atoms with Crippen molar-refractivity contribution in [3.8, 4) is 0 Å². The summed E-state index contributed by atoms with van der Waals surface area (Å²) in [7, 11) is 3.98. The van der Waals surface area contributed by atoms with E-state index in [-0.39, 0.29) is 11.5 Å². The molecule has 0 amide bonds. The van der Waals surface area contributed by atoms with E-state index in [4.69, 9.17) is 0 Å². The van der Waals surface area contributed by atoms with Crippen LogP contribution in [0.3, 0.4) is 0 Å². The minimum absolute atomic E-state index is 0.0339. The number of nitrogens with zero attached hydrogens (tertiary/aromatic N) is 2. The number of pyridine rings is 1. The number of rotatable bonds is 3. The second-order valence-electron chi connectivity index (χ2n) is 4.60. The topological polar surface area (TPSA) is 36.4 Å². The Kier molecular flexibility index (Phi) is 2.43. The summed E-state index contributed by atoms with van der Waals surface area (Å²) in [5.74, 6) is 0.982. The molecule has 2 rings (SSSR count). The second-order valence-corrected chi connectivity index (χ2v) is 4.60. The number of aliphatic hydroxyl groups is 1. The van der Waals surface area contributed by atoms with Crippen molar-refractivity contribution in [3.63, 3.8) is 0 Å². The monoisotopic (exact) mass is 206 g/mol. The van der Waals surface area contributed by atoms with Crippen LogP contribution < -0.4 is 4.90 Å². The van der Waals surface area contributed by atoms with Crippen molar-refractivity contribution in [2.24, 2.45) is 0 Å². The second kappa shape index (κ2) is 3.49. The minimum atomic E-state index is -0.291. The number of hydrogen-bond acceptors (Lipinski definition) is 3. The Morgan fingerprint density at radius 1 is 1.47 bits per heavy atom. The summed E-state index contributed by atoms with van der Waals surface area (Å²) >= 11 is 0. The molecule has 1 saturated carbocycles. The number of aromatic nitrogens is 1. The maximum absolute atomic E-state index is 9.86. The summed E-state index contributed by atoms with van der Waals surface area (Å²) in [6.07, 6.45) is 3.64. The molecule has 0 aromatic carbocycles. The fraction of sp³-hybridized carbons (Fsp3) is 0.583. The quantitative estimate of drug-likeness (QED) is 0.815. The molecule has 0 radical (unpaired) electrons. The van der Waals surface area contributed by atoms with E-state index in [0.29, 0.717) is 0 Å². The van der Waals surface area contributed by atoms with Gasteiger partial charge in [0.1, 0.15) is 5.82 Å². The van der Waals surface area contributed by atoms with Crippen LogP contribution in [0.15, 0.2) is 18.3 Å². The van der Waals surface area contributed by atoms with Crippen LogP contribution in [0.5, 0.6) is 0 Å². The first-order valence-electron chi connectivity index (χ1n) is 5.39. The molecule has 82 valence electrons. The van der Waals surface area contributed by atoms with E-state index in [9.17, 15) is 5.11 Å². The molecule has 3 nitrogen and oxygen atoms in total. The van der Waals surface area contributed by atoms with Crippen LogP contribution in [-0.4, -0.2) is 30.3 Å². The molecule has 3 heteroatoms. The third kappa shape index (κ3) is 1.61. The predicted octanol–water partition coefficient (Wildman–Crippen LogP) is 1.56. The molecular weight excluding hydrogens is 188 g/mol. The Morgan fingerprint density at radius 2 is 2.13 bits per heavy atom. The lowest BCUT2D eigenvalue weighted by Crippen LogP contribution is -2.26. The molecule has 0 saturated heterocycles. The Bertz CT molecular complexity index is 356. The van der Waals surface area contributed by atoms with E-state index in [1.54, 1.807) is 6.20 Å². The Labute approximate surface area is 90.8 Å². The highest BCUT2D eigenvalue weighted by molar-refractivity contribution is 5.52. The van der Waals surface area contributed by atoms with Gasteiger partial charge in [0, 0.05) is 31.3 Å². The summed E-state index contributed by atoms with van der Waals surface area (Å²) in [6, 6.07) is 4.03. The Hall–Kier alpha value is -1.09. The zero-order chi connectivity index (χ0) is 11.1. The minimum Gasteiger partial charge on any atom is -0.392 e. The van der Waals surface area contributed by atoms with Gasteiger partial charge in [-0.1, -0.05) is 6.07 Å². The molecule has 1 fully saturated rings. The van der Waals surface area contributed by atoms with E-state index in [0.717, 1.165) is 18.7 Å². The molecule has 15 heavy (non-hydrogen) atoms. The first kappa shape index (κ1) is 10.4. The van der Waals surface area contributed by atoms with Gasteiger partial charge in [0.2, 0.25) is 0 Å². The summed E-state index contributed by atoms with van der Waals surface area (Å²) in [6.45, 7) is 1.87. The maximum atomic E-state index is 9.86. The molecule has 1 N–H and O–H groups in total. The zero-order valence-electron chi connectivity index (χ0n) is 9.57. The maximum Gasteiger partial charge on any atom is 0.131 e. The number of anilines is 1. The van der Waals surface area contributed by atoms with Crippen LogP contribution in [0.1, 0.15) is 25.3 Å². The molecule has 1 atom stereocenters. The average Bonchev–Trinajstić information content (AvgIpc) is 2.98. The van der Waals surface area contributed by atoms with Crippen LogP contribution in [0.25, 0.3) is 0 Å². The van der Waals surface area contributed by atoms with Crippen LogP contribution in [-0.2, 0) is 5.41 Å².